The van der Waals surface area contributed by atoms with Crippen LogP contribution in [0.25, 0.3) is 22.1 Å². The van der Waals surface area contributed by atoms with Gasteiger partial charge in [0.2, 0.25) is 0 Å². The van der Waals surface area contributed by atoms with Gasteiger partial charge in [-0.05, 0) is 30.3 Å². The number of rotatable bonds is 2. The van der Waals surface area contributed by atoms with Crippen molar-refractivity contribution in [1.82, 2.24) is 0 Å². The lowest BCUT2D eigenvalue weighted by atomic mass is 10.0. The molecule has 0 aliphatic heterocycles. The van der Waals surface area contributed by atoms with Crippen molar-refractivity contribution in [2.75, 3.05) is 7.11 Å². The Labute approximate surface area is 124 Å². The van der Waals surface area contributed by atoms with E-state index in [1.807, 2.05) is 0 Å². The van der Waals surface area contributed by atoms with Crippen LogP contribution < -0.4 is 10.4 Å². The van der Waals surface area contributed by atoms with E-state index < -0.39 is 11.4 Å². The molecular formula is C16H10ClFO3. The maximum atomic E-state index is 13.2. The maximum Gasteiger partial charge on any atom is 0.336 e. The number of ether oxygens (including phenoxy) is 1. The molecule has 0 unspecified atom stereocenters. The fraction of sp³-hybridized carbons (Fsp3) is 0.0625. The molecule has 2 aromatic carbocycles. The second-order valence-corrected chi connectivity index (χ2v) is 4.87. The van der Waals surface area contributed by atoms with Gasteiger partial charge in [0.1, 0.15) is 17.1 Å². The van der Waals surface area contributed by atoms with E-state index in [4.69, 9.17) is 20.8 Å². The lowest BCUT2D eigenvalue weighted by Crippen LogP contribution is -1.99. The van der Waals surface area contributed by atoms with E-state index in [9.17, 15) is 9.18 Å². The quantitative estimate of drug-likeness (QED) is 0.664. The molecule has 0 spiro atoms. The van der Waals surface area contributed by atoms with Crippen LogP contribution >= 0.6 is 11.6 Å². The highest BCUT2D eigenvalue weighted by molar-refractivity contribution is 6.33. The van der Waals surface area contributed by atoms with Gasteiger partial charge in [0.15, 0.2) is 0 Å². The molecule has 0 saturated carbocycles. The Morgan fingerprint density at radius 2 is 1.90 bits per heavy atom. The normalized spacial score (nSPS) is 10.8. The minimum atomic E-state index is -0.508. The van der Waals surface area contributed by atoms with E-state index in [2.05, 4.69) is 0 Å². The van der Waals surface area contributed by atoms with Crippen molar-refractivity contribution in [2.24, 2.45) is 0 Å². The highest BCUT2D eigenvalue weighted by Gasteiger charge is 2.12. The molecular weight excluding hydrogens is 295 g/mol. The molecule has 0 amide bonds. The van der Waals surface area contributed by atoms with Gasteiger partial charge in [-0.3, -0.25) is 0 Å². The molecule has 21 heavy (non-hydrogen) atoms. The smallest absolute Gasteiger partial charge is 0.336 e. The van der Waals surface area contributed by atoms with Crippen LogP contribution in [0.4, 0.5) is 4.39 Å². The lowest BCUT2D eigenvalue weighted by Gasteiger charge is -2.08. The average Bonchev–Trinajstić information content (AvgIpc) is 2.45. The highest BCUT2D eigenvalue weighted by atomic mass is 35.5. The van der Waals surface area contributed by atoms with E-state index in [0.717, 1.165) is 0 Å². The Kier molecular flexibility index (Phi) is 3.39. The van der Waals surface area contributed by atoms with Gasteiger partial charge in [0.25, 0.3) is 0 Å². The minimum absolute atomic E-state index is 0.234. The summed E-state index contributed by atoms with van der Waals surface area (Å²) in [7, 11) is 1.53. The SMILES string of the molecule is COc1ccc2c(-c3ccc(F)cc3Cl)cc(=O)oc2c1. The van der Waals surface area contributed by atoms with Crippen LogP contribution in [0.15, 0.2) is 51.7 Å². The van der Waals surface area contributed by atoms with Crippen LogP contribution in [0.2, 0.25) is 5.02 Å². The second-order valence-electron chi connectivity index (χ2n) is 4.47. The number of halogens is 2. The van der Waals surface area contributed by atoms with Crippen molar-refractivity contribution in [1.29, 1.82) is 0 Å². The second kappa shape index (κ2) is 5.22. The molecule has 3 rings (SSSR count). The van der Waals surface area contributed by atoms with Gasteiger partial charge >= 0.3 is 5.63 Å². The first-order valence-electron chi connectivity index (χ1n) is 6.16. The zero-order valence-electron chi connectivity index (χ0n) is 11.0. The Morgan fingerprint density at radius 3 is 2.62 bits per heavy atom. The molecule has 0 fully saturated rings. The fourth-order valence-electron chi connectivity index (χ4n) is 2.20. The summed E-state index contributed by atoms with van der Waals surface area (Å²) in [6, 6.07) is 10.5. The Balaban J connectivity index is 2.34. The number of methoxy groups -OCH3 is 1. The van der Waals surface area contributed by atoms with Crippen molar-refractivity contribution < 1.29 is 13.5 Å². The molecule has 0 N–H and O–H groups in total. The van der Waals surface area contributed by atoms with Gasteiger partial charge in [0.05, 0.1) is 12.1 Å². The van der Waals surface area contributed by atoms with Gasteiger partial charge < -0.3 is 9.15 Å². The third kappa shape index (κ3) is 2.50. The first-order chi connectivity index (χ1) is 10.1. The predicted molar refractivity (Wildman–Crippen MR) is 79.4 cm³/mol. The van der Waals surface area contributed by atoms with Crippen LogP contribution in [0.1, 0.15) is 0 Å². The van der Waals surface area contributed by atoms with Gasteiger partial charge in [-0.2, -0.15) is 0 Å². The molecule has 5 heteroatoms. The molecule has 0 aliphatic rings. The van der Waals surface area contributed by atoms with Crippen molar-refractivity contribution in [2.45, 2.75) is 0 Å². The van der Waals surface area contributed by atoms with E-state index in [1.165, 1.54) is 31.4 Å². The van der Waals surface area contributed by atoms with Crippen LogP contribution in [0, 0.1) is 5.82 Å². The summed E-state index contributed by atoms with van der Waals surface area (Å²) >= 11 is 6.08. The van der Waals surface area contributed by atoms with Gasteiger partial charge in [0, 0.05) is 28.6 Å². The molecule has 106 valence electrons. The summed E-state index contributed by atoms with van der Waals surface area (Å²) in [6.45, 7) is 0. The largest absolute Gasteiger partial charge is 0.497 e. The van der Waals surface area contributed by atoms with Crippen LogP contribution in [-0.2, 0) is 0 Å². The molecule has 0 saturated heterocycles. The van der Waals surface area contributed by atoms with Crippen molar-refractivity contribution >= 4 is 22.6 Å². The maximum absolute atomic E-state index is 13.2. The van der Waals surface area contributed by atoms with Crippen molar-refractivity contribution in [3.8, 4) is 16.9 Å². The van der Waals surface area contributed by atoms with E-state index in [-0.39, 0.29) is 5.02 Å². The minimum Gasteiger partial charge on any atom is -0.497 e. The van der Waals surface area contributed by atoms with Crippen LogP contribution in [0.3, 0.4) is 0 Å². The molecule has 3 aromatic rings. The highest BCUT2D eigenvalue weighted by Crippen LogP contribution is 2.34. The zero-order chi connectivity index (χ0) is 15.0. The summed E-state index contributed by atoms with van der Waals surface area (Å²) in [5.74, 6) is 0.144. The summed E-state index contributed by atoms with van der Waals surface area (Å²) in [5.41, 5.74) is 1.04. The average molecular weight is 305 g/mol. The van der Waals surface area contributed by atoms with Gasteiger partial charge in [-0.15, -0.1) is 0 Å². The standard InChI is InChI=1S/C16H10ClFO3/c1-20-10-3-5-12-13(8-16(19)21-15(12)7-10)11-4-2-9(18)6-14(11)17/h2-8H,1H3. The van der Waals surface area contributed by atoms with E-state index in [1.54, 1.807) is 18.2 Å². The summed E-state index contributed by atoms with van der Waals surface area (Å²) in [4.78, 5) is 11.7. The van der Waals surface area contributed by atoms with E-state index in [0.29, 0.717) is 27.8 Å². The molecule has 3 nitrogen and oxygen atoms in total. The monoisotopic (exact) mass is 304 g/mol. The number of benzene rings is 2. The van der Waals surface area contributed by atoms with Crippen LogP contribution in [0.5, 0.6) is 5.75 Å². The molecule has 0 bridgehead atoms. The van der Waals surface area contributed by atoms with Crippen molar-refractivity contribution in [3.05, 3.63) is 63.7 Å². The molecule has 1 heterocycles. The third-order valence-electron chi connectivity index (χ3n) is 3.17. The zero-order valence-corrected chi connectivity index (χ0v) is 11.8. The summed E-state index contributed by atoms with van der Waals surface area (Å²) < 4.78 is 23.5. The molecule has 1 aromatic heterocycles. The fourth-order valence-corrected chi connectivity index (χ4v) is 2.47. The molecule has 0 radical (unpaired) electrons. The number of hydrogen-bond donors (Lipinski definition) is 0. The Bertz CT molecular complexity index is 886. The summed E-state index contributed by atoms with van der Waals surface area (Å²) in [6.07, 6.45) is 0. The number of hydrogen-bond acceptors (Lipinski definition) is 3. The first kappa shape index (κ1) is 13.6. The first-order valence-corrected chi connectivity index (χ1v) is 6.53. The predicted octanol–water partition coefficient (Wildman–Crippen LogP) is 4.26. The molecule has 0 aliphatic carbocycles. The molecule has 0 atom stereocenters. The number of fused-ring (bicyclic) bond motifs is 1. The van der Waals surface area contributed by atoms with Gasteiger partial charge in [-0.25, -0.2) is 9.18 Å². The van der Waals surface area contributed by atoms with Crippen molar-refractivity contribution in [3.63, 3.8) is 0 Å². The lowest BCUT2D eigenvalue weighted by molar-refractivity contribution is 0.414. The van der Waals surface area contributed by atoms with E-state index >= 15 is 0 Å². The van der Waals surface area contributed by atoms with Gasteiger partial charge in [-0.1, -0.05) is 11.6 Å². The summed E-state index contributed by atoms with van der Waals surface area (Å²) in [5, 5.41) is 0.932. The topological polar surface area (TPSA) is 39.4 Å². The van der Waals surface area contributed by atoms with Crippen LogP contribution in [-0.4, -0.2) is 7.11 Å². The third-order valence-corrected chi connectivity index (χ3v) is 3.49. The Hall–Kier alpha value is -2.33. The Morgan fingerprint density at radius 1 is 1.10 bits per heavy atom.